The summed E-state index contributed by atoms with van der Waals surface area (Å²) in [7, 11) is -3.78. The third-order valence-corrected chi connectivity index (χ3v) is 6.56. The number of benzene rings is 2. The van der Waals surface area contributed by atoms with E-state index in [9.17, 15) is 13.2 Å². The topological polar surface area (TPSA) is 127 Å². The van der Waals surface area contributed by atoms with Crippen molar-refractivity contribution in [2.45, 2.75) is 11.3 Å². The predicted octanol–water partition coefficient (Wildman–Crippen LogP) is 2.74. The number of hydrogen-bond donors (Lipinski definition) is 3. The van der Waals surface area contributed by atoms with Crippen molar-refractivity contribution in [1.82, 2.24) is 14.7 Å². The molecule has 0 aliphatic rings. The Morgan fingerprint density at radius 3 is 2.76 bits per heavy atom. The van der Waals surface area contributed by atoms with Crippen molar-refractivity contribution in [2.24, 2.45) is 5.73 Å². The fraction of sp³-hybridized carbons (Fsp3) is 0.105. The number of anilines is 2. The minimum Gasteiger partial charge on any atom is -0.370 e. The van der Waals surface area contributed by atoms with Crippen LogP contribution in [0.4, 0.5) is 11.4 Å². The van der Waals surface area contributed by atoms with Crippen molar-refractivity contribution in [3.05, 3.63) is 54.2 Å². The van der Waals surface area contributed by atoms with Crippen LogP contribution in [0.3, 0.4) is 0 Å². The molecule has 1 amide bonds. The summed E-state index contributed by atoms with van der Waals surface area (Å²) in [6.07, 6.45) is 1.59. The molecule has 29 heavy (non-hydrogen) atoms. The Morgan fingerprint density at radius 1 is 1.07 bits per heavy atom. The molecule has 0 fully saturated rings. The van der Waals surface area contributed by atoms with Crippen LogP contribution in [0.15, 0.2) is 59.1 Å². The van der Waals surface area contributed by atoms with Gasteiger partial charge in [0, 0.05) is 35.9 Å². The number of fused-ring (bicyclic) bond motifs is 2. The first kappa shape index (κ1) is 19.2. The monoisotopic (exact) mass is 427 g/mol. The van der Waals surface area contributed by atoms with Crippen LogP contribution in [-0.2, 0) is 14.8 Å². The van der Waals surface area contributed by atoms with Gasteiger partial charge in [0.25, 0.3) is 0 Å². The van der Waals surface area contributed by atoms with E-state index in [1.807, 2.05) is 18.2 Å². The SMILES string of the molecule is NC(=O)CCNS(=O)(=O)c1ccc2nccc(Nc3ccc4scnc4c3)c2c1. The molecule has 0 aliphatic heterocycles. The van der Waals surface area contributed by atoms with Gasteiger partial charge in [-0.3, -0.25) is 9.78 Å². The van der Waals surface area contributed by atoms with Gasteiger partial charge < -0.3 is 11.1 Å². The second kappa shape index (κ2) is 7.74. The van der Waals surface area contributed by atoms with Crippen LogP contribution in [0.2, 0.25) is 0 Å². The van der Waals surface area contributed by atoms with Crippen molar-refractivity contribution < 1.29 is 13.2 Å². The van der Waals surface area contributed by atoms with Crippen molar-refractivity contribution >= 4 is 59.8 Å². The average molecular weight is 428 g/mol. The summed E-state index contributed by atoms with van der Waals surface area (Å²) in [5.74, 6) is -0.570. The molecular weight excluding hydrogens is 410 g/mol. The second-order valence-corrected chi connectivity index (χ2v) is 8.96. The Hall–Kier alpha value is -3.08. The van der Waals surface area contributed by atoms with Gasteiger partial charge in [0.15, 0.2) is 0 Å². The van der Waals surface area contributed by atoms with Crippen molar-refractivity contribution in [3.63, 3.8) is 0 Å². The second-order valence-electron chi connectivity index (χ2n) is 6.31. The zero-order valence-electron chi connectivity index (χ0n) is 15.1. The number of hydrogen-bond acceptors (Lipinski definition) is 7. The third kappa shape index (κ3) is 4.19. The smallest absolute Gasteiger partial charge is 0.240 e. The lowest BCUT2D eigenvalue weighted by Gasteiger charge is -2.11. The van der Waals surface area contributed by atoms with E-state index in [-0.39, 0.29) is 17.9 Å². The van der Waals surface area contributed by atoms with E-state index in [1.54, 1.807) is 41.2 Å². The first-order valence-electron chi connectivity index (χ1n) is 8.69. The van der Waals surface area contributed by atoms with Gasteiger partial charge in [-0.15, -0.1) is 11.3 Å². The average Bonchev–Trinajstić information content (AvgIpc) is 3.15. The molecule has 0 atom stereocenters. The Kier molecular flexibility index (Phi) is 5.14. The Bertz CT molecular complexity index is 1320. The van der Waals surface area contributed by atoms with Gasteiger partial charge in [-0.25, -0.2) is 18.1 Å². The number of primary amides is 1. The molecule has 8 nitrogen and oxygen atoms in total. The quantitative estimate of drug-likeness (QED) is 0.416. The lowest BCUT2D eigenvalue weighted by Crippen LogP contribution is -2.28. The van der Waals surface area contributed by atoms with Gasteiger partial charge in [0.2, 0.25) is 15.9 Å². The molecule has 0 spiro atoms. The molecule has 10 heteroatoms. The summed E-state index contributed by atoms with van der Waals surface area (Å²) >= 11 is 1.57. The van der Waals surface area contributed by atoms with Gasteiger partial charge in [-0.1, -0.05) is 0 Å². The lowest BCUT2D eigenvalue weighted by atomic mass is 10.2. The van der Waals surface area contributed by atoms with Gasteiger partial charge in [-0.2, -0.15) is 0 Å². The van der Waals surface area contributed by atoms with Gasteiger partial charge in [0.05, 0.1) is 26.1 Å². The maximum absolute atomic E-state index is 12.5. The van der Waals surface area contributed by atoms with Crippen LogP contribution in [0.1, 0.15) is 6.42 Å². The maximum atomic E-state index is 12.5. The maximum Gasteiger partial charge on any atom is 0.240 e. The zero-order chi connectivity index (χ0) is 20.4. The predicted molar refractivity (Wildman–Crippen MR) is 114 cm³/mol. The van der Waals surface area contributed by atoms with E-state index < -0.39 is 15.9 Å². The largest absolute Gasteiger partial charge is 0.370 e. The van der Waals surface area contributed by atoms with Crippen LogP contribution in [0, 0.1) is 0 Å². The van der Waals surface area contributed by atoms with Gasteiger partial charge >= 0.3 is 0 Å². The van der Waals surface area contributed by atoms with Crippen LogP contribution < -0.4 is 15.8 Å². The van der Waals surface area contributed by atoms with Crippen LogP contribution in [0.25, 0.3) is 21.1 Å². The van der Waals surface area contributed by atoms with Crippen molar-refractivity contribution in [2.75, 3.05) is 11.9 Å². The highest BCUT2D eigenvalue weighted by atomic mass is 32.2. The van der Waals surface area contributed by atoms with Gasteiger partial charge in [-0.05, 0) is 42.5 Å². The number of carbonyl (C=O) groups excluding carboxylic acids is 1. The van der Waals surface area contributed by atoms with E-state index in [1.165, 1.54) is 6.07 Å². The van der Waals surface area contributed by atoms with Crippen molar-refractivity contribution in [1.29, 1.82) is 0 Å². The fourth-order valence-corrected chi connectivity index (χ4v) is 4.60. The highest BCUT2D eigenvalue weighted by Crippen LogP contribution is 2.29. The molecule has 0 unspecified atom stereocenters. The summed E-state index contributed by atoms with van der Waals surface area (Å²) in [4.78, 5) is 19.6. The number of nitrogens with zero attached hydrogens (tertiary/aromatic N) is 2. The molecule has 0 radical (unpaired) electrons. The number of nitrogens with two attached hydrogens (primary N) is 1. The highest BCUT2D eigenvalue weighted by molar-refractivity contribution is 7.89. The molecule has 0 saturated heterocycles. The number of amides is 1. The number of thiazole rings is 1. The summed E-state index contributed by atoms with van der Waals surface area (Å²) in [5, 5.41) is 3.97. The normalized spacial score (nSPS) is 11.7. The first-order chi connectivity index (χ1) is 13.9. The molecule has 0 bridgehead atoms. The number of aromatic nitrogens is 2. The lowest BCUT2D eigenvalue weighted by molar-refractivity contribution is -0.117. The van der Waals surface area contributed by atoms with E-state index in [2.05, 4.69) is 20.0 Å². The number of rotatable bonds is 7. The highest BCUT2D eigenvalue weighted by Gasteiger charge is 2.16. The number of carbonyl (C=O) groups is 1. The molecule has 148 valence electrons. The molecule has 4 N–H and O–H groups in total. The number of sulfonamides is 1. The van der Waals surface area contributed by atoms with Crippen LogP contribution in [0.5, 0.6) is 0 Å². The molecule has 0 saturated carbocycles. The third-order valence-electron chi connectivity index (χ3n) is 4.30. The minimum absolute atomic E-state index is 0.0541. The Labute approximate surface area is 170 Å². The van der Waals surface area contributed by atoms with E-state index in [0.717, 1.165) is 21.6 Å². The molecule has 4 rings (SSSR count). The fourth-order valence-electron chi connectivity index (χ4n) is 2.88. The number of pyridine rings is 1. The Balaban J connectivity index is 1.67. The molecular formula is C19H17N5O3S2. The minimum atomic E-state index is -3.78. The zero-order valence-corrected chi connectivity index (χ0v) is 16.8. The van der Waals surface area contributed by atoms with E-state index in [0.29, 0.717) is 10.9 Å². The molecule has 4 aromatic rings. The summed E-state index contributed by atoms with van der Waals surface area (Å²) in [6, 6.07) is 12.3. The molecule has 2 aromatic carbocycles. The van der Waals surface area contributed by atoms with E-state index in [4.69, 9.17) is 5.73 Å². The summed E-state index contributed by atoms with van der Waals surface area (Å²) in [5.41, 5.74) is 9.95. The van der Waals surface area contributed by atoms with E-state index >= 15 is 0 Å². The van der Waals surface area contributed by atoms with Crippen LogP contribution in [-0.4, -0.2) is 30.8 Å². The summed E-state index contributed by atoms with van der Waals surface area (Å²) < 4.78 is 28.5. The number of nitrogens with one attached hydrogen (secondary N) is 2. The molecule has 2 aromatic heterocycles. The van der Waals surface area contributed by atoms with Gasteiger partial charge in [0.1, 0.15) is 0 Å². The summed E-state index contributed by atoms with van der Waals surface area (Å²) in [6.45, 7) is -0.0541. The first-order valence-corrected chi connectivity index (χ1v) is 11.1. The standard InChI is InChI=1S/C19H17N5O3S2/c20-19(25)6-8-23-29(26,27)13-2-3-15-14(10-13)16(5-7-21-15)24-12-1-4-18-17(9-12)22-11-28-18/h1-5,7,9-11,23H,6,8H2,(H2,20,25)(H,21,24). The van der Waals surface area contributed by atoms with Crippen molar-refractivity contribution in [3.8, 4) is 0 Å². The molecule has 0 aliphatic carbocycles. The Morgan fingerprint density at radius 2 is 1.93 bits per heavy atom. The van der Waals surface area contributed by atoms with Crippen LogP contribution >= 0.6 is 11.3 Å². The molecule has 2 heterocycles.